The van der Waals surface area contributed by atoms with Crippen molar-refractivity contribution in [2.24, 2.45) is 0 Å². The number of rotatable bonds is 1. The van der Waals surface area contributed by atoms with E-state index in [9.17, 15) is 15.0 Å². The van der Waals surface area contributed by atoms with Crippen molar-refractivity contribution >= 4 is 16.7 Å². The highest BCUT2D eigenvalue weighted by Gasteiger charge is 2.12. The van der Waals surface area contributed by atoms with Gasteiger partial charge in [0.15, 0.2) is 0 Å². The number of hydrogen-bond acceptors (Lipinski definition) is 4. The topological polar surface area (TPSA) is 66.8 Å². The van der Waals surface area contributed by atoms with Crippen LogP contribution in [0, 0.1) is 0 Å². The van der Waals surface area contributed by atoms with Gasteiger partial charge >= 0.3 is 5.97 Å². The average Bonchev–Trinajstić information content (AvgIpc) is 2.27. The van der Waals surface area contributed by atoms with Crippen LogP contribution in [0.15, 0.2) is 30.3 Å². The van der Waals surface area contributed by atoms with E-state index in [0.717, 1.165) is 5.39 Å². The first-order chi connectivity index (χ1) is 7.61. The molecule has 4 heteroatoms. The predicted octanol–water partition coefficient (Wildman–Crippen LogP) is 2.04. The van der Waals surface area contributed by atoms with Gasteiger partial charge in [0.1, 0.15) is 17.1 Å². The second-order valence-electron chi connectivity index (χ2n) is 3.39. The van der Waals surface area contributed by atoms with Crippen LogP contribution in [0.25, 0.3) is 10.8 Å². The van der Waals surface area contributed by atoms with Crippen molar-refractivity contribution in [3.8, 4) is 11.5 Å². The average molecular weight is 218 g/mol. The van der Waals surface area contributed by atoms with Gasteiger partial charge in [-0.25, -0.2) is 4.79 Å². The van der Waals surface area contributed by atoms with Crippen LogP contribution in [0.3, 0.4) is 0 Å². The molecule has 0 radical (unpaired) electrons. The number of ether oxygens (including phenoxy) is 1. The molecule has 0 atom stereocenters. The molecule has 16 heavy (non-hydrogen) atoms. The molecule has 2 rings (SSSR count). The molecule has 2 N–H and O–H groups in total. The number of phenolic OH excluding ortho intramolecular Hbond substituents is 2. The fraction of sp³-hybridized carbons (Fsp3) is 0.0833. The van der Waals surface area contributed by atoms with Gasteiger partial charge in [0, 0.05) is 0 Å². The van der Waals surface area contributed by atoms with Crippen LogP contribution < -0.4 is 0 Å². The molecule has 0 aliphatic heterocycles. The molecule has 0 saturated heterocycles. The Morgan fingerprint density at radius 3 is 2.56 bits per heavy atom. The van der Waals surface area contributed by atoms with Crippen molar-refractivity contribution in [1.82, 2.24) is 0 Å². The fourth-order valence-corrected chi connectivity index (χ4v) is 1.55. The number of phenols is 2. The van der Waals surface area contributed by atoms with Crippen LogP contribution in [0.4, 0.5) is 0 Å². The maximum absolute atomic E-state index is 11.3. The van der Waals surface area contributed by atoms with Gasteiger partial charge in [0.25, 0.3) is 0 Å². The number of esters is 1. The summed E-state index contributed by atoms with van der Waals surface area (Å²) in [6.07, 6.45) is 0. The number of benzene rings is 2. The molecule has 0 fully saturated rings. The summed E-state index contributed by atoms with van der Waals surface area (Å²) in [5.41, 5.74) is 0.112. The Balaban J connectivity index is 2.67. The second-order valence-corrected chi connectivity index (χ2v) is 3.39. The van der Waals surface area contributed by atoms with Crippen LogP contribution in [0.5, 0.6) is 11.5 Å². The SMILES string of the molecule is COC(=O)c1cc2ccc(O)cc2cc1O. The third-order valence-corrected chi connectivity index (χ3v) is 2.34. The van der Waals surface area contributed by atoms with Gasteiger partial charge in [-0.05, 0) is 35.0 Å². The molecule has 0 unspecified atom stereocenters. The highest BCUT2D eigenvalue weighted by Crippen LogP contribution is 2.27. The van der Waals surface area contributed by atoms with Crippen LogP contribution in [-0.4, -0.2) is 23.3 Å². The first-order valence-electron chi connectivity index (χ1n) is 4.66. The number of carbonyl (C=O) groups excluding carboxylic acids is 1. The number of aromatic hydroxyl groups is 2. The standard InChI is InChI=1S/C12H10O4/c1-16-12(15)10-5-7-2-3-9(13)4-8(7)6-11(10)14/h2-6,13-14H,1H3. The van der Waals surface area contributed by atoms with Crippen LogP contribution in [-0.2, 0) is 4.74 Å². The van der Waals surface area contributed by atoms with Gasteiger partial charge in [0.2, 0.25) is 0 Å². The zero-order valence-corrected chi connectivity index (χ0v) is 8.60. The van der Waals surface area contributed by atoms with Crippen LogP contribution in [0.2, 0.25) is 0 Å². The second kappa shape index (κ2) is 3.73. The molecule has 2 aromatic rings. The first kappa shape index (κ1) is 10.3. The predicted molar refractivity (Wildman–Crippen MR) is 58.6 cm³/mol. The van der Waals surface area contributed by atoms with Gasteiger partial charge in [-0.1, -0.05) is 6.07 Å². The largest absolute Gasteiger partial charge is 0.508 e. The van der Waals surface area contributed by atoms with Crippen molar-refractivity contribution in [2.45, 2.75) is 0 Å². The first-order valence-corrected chi connectivity index (χ1v) is 4.66. The van der Waals surface area contributed by atoms with Gasteiger partial charge < -0.3 is 14.9 Å². The molecule has 0 saturated carbocycles. The van der Waals surface area contributed by atoms with Crippen molar-refractivity contribution in [3.63, 3.8) is 0 Å². The number of methoxy groups -OCH3 is 1. The zero-order chi connectivity index (χ0) is 11.7. The van der Waals surface area contributed by atoms with Crippen molar-refractivity contribution in [3.05, 3.63) is 35.9 Å². The highest BCUT2D eigenvalue weighted by molar-refractivity contribution is 5.98. The van der Waals surface area contributed by atoms with E-state index in [1.165, 1.54) is 31.4 Å². The summed E-state index contributed by atoms with van der Waals surface area (Å²) in [5.74, 6) is -0.643. The molecule has 0 amide bonds. The number of fused-ring (bicyclic) bond motifs is 1. The summed E-state index contributed by atoms with van der Waals surface area (Å²) in [7, 11) is 1.25. The van der Waals surface area contributed by atoms with E-state index >= 15 is 0 Å². The van der Waals surface area contributed by atoms with E-state index < -0.39 is 5.97 Å². The van der Waals surface area contributed by atoms with Crippen LogP contribution >= 0.6 is 0 Å². The summed E-state index contributed by atoms with van der Waals surface area (Å²) >= 11 is 0. The third kappa shape index (κ3) is 1.65. The van der Waals surface area contributed by atoms with Gasteiger partial charge in [-0.15, -0.1) is 0 Å². The maximum atomic E-state index is 11.3. The maximum Gasteiger partial charge on any atom is 0.341 e. The molecule has 0 aromatic heterocycles. The molecule has 0 bridgehead atoms. The number of hydrogen-bond donors (Lipinski definition) is 2. The van der Waals surface area contributed by atoms with Gasteiger partial charge in [0.05, 0.1) is 7.11 Å². The summed E-state index contributed by atoms with van der Waals surface area (Å²) < 4.78 is 4.54. The minimum absolute atomic E-state index is 0.109. The monoisotopic (exact) mass is 218 g/mol. The Labute approximate surface area is 91.7 Å². The quantitative estimate of drug-likeness (QED) is 0.719. The molecular formula is C12H10O4. The Bertz CT molecular complexity index is 560. The number of carbonyl (C=O) groups is 1. The Morgan fingerprint density at radius 1 is 1.12 bits per heavy atom. The minimum atomic E-state index is -0.590. The fourth-order valence-electron chi connectivity index (χ4n) is 1.55. The molecule has 2 aromatic carbocycles. The molecular weight excluding hydrogens is 208 g/mol. The molecule has 4 nitrogen and oxygen atoms in total. The minimum Gasteiger partial charge on any atom is -0.508 e. The van der Waals surface area contributed by atoms with E-state index in [0.29, 0.717) is 5.39 Å². The lowest BCUT2D eigenvalue weighted by atomic mass is 10.1. The summed E-state index contributed by atoms with van der Waals surface area (Å²) in [6.45, 7) is 0. The molecule has 0 spiro atoms. The normalized spacial score (nSPS) is 10.3. The lowest BCUT2D eigenvalue weighted by Crippen LogP contribution is -2.01. The molecule has 82 valence electrons. The van der Waals surface area contributed by atoms with Crippen molar-refractivity contribution in [1.29, 1.82) is 0 Å². The van der Waals surface area contributed by atoms with E-state index in [1.54, 1.807) is 6.07 Å². The smallest absolute Gasteiger partial charge is 0.341 e. The lowest BCUT2D eigenvalue weighted by molar-refractivity contribution is 0.0597. The van der Waals surface area contributed by atoms with E-state index in [-0.39, 0.29) is 17.1 Å². The Hall–Kier alpha value is -2.23. The van der Waals surface area contributed by atoms with E-state index in [2.05, 4.69) is 4.74 Å². The van der Waals surface area contributed by atoms with E-state index in [4.69, 9.17) is 0 Å². The Kier molecular flexibility index (Phi) is 2.40. The highest BCUT2D eigenvalue weighted by atomic mass is 16.5. The third-order valence-electron chi connectivity index (χ3n) is 2.34. The zero-order valence-electron chi connectivity index (χ0n) is 8.60. The molecule has 0 heterocycles. The summed E-state index contributed by atoms with van der Waals surface area (Å²) in [6, 6.07) is 7.63. The van der Waals surface area contributed by atoms with Crippen molar-refractivity contribution in [2.75, 3.05) is 7.11 Å². The van der Waals surface area contributed by atoms with Crippen molar-refractivity contribution < 1.29 is 19.7 Å². The summed E-state index contributed by atoms with van der Waals surface area (Å²) in [5, 5.41) is 20.3. The summed E-state index contributed by atoms with van der Waals surface area (Å²) in [4.78, 5) is 11.3. The van der Waals surface area contributed by atoms with Gasteiger partial charge in [-0.3, -0.25) is 0 Å². The van der Waals surface area contributed by atoms with E-state index in [1.807, 2.05) is 0 Å². The molecule has 0 aliphatic carbocycles. The van der Waals surface area contributed by atoms with Crippen LogP contribution in [0.1, 0.15) is 10.4 Å². The Morgan fingerprint density at radius 2 is 1.88 bits per heavy atom. The molecule has 0 aliphatic rings. The lowest BCUT2D eigenvalue weighted by Gasteiger charge is -2.05. The van der Waals surface area contributed by atoms with Gasteiger partial charge in [-0.2, -0.15) is 0 Å².